The molecule has 0 bridgehead atoms. The van der Waals surface area contributed by atoms with E-state index in [9.17, 15) is 0 Å². The maximum absolute atomic E-state index is 5.62. The molecule has 238 valence electrons. The predicted octanol–water partition coefficient (Wildman–Crippen LogP) is 13.3. The van der Waals surface area contributed by atoms with Gasteiger partial charge in [-0.2, -0.15) is 0 Å². The Kier molecular flexibility index (Phi) is 6.29. The van der Waals surface area contributed by atoms with Crippen molar-refractivity contribution in [3.05, 3.63) is 164 Å². The fourth-order valence-electron chi connectivity index (χ4n) is 7.71. The van der Waals surface area contributed by atoms with E-state index in [1.165, 1.54) is 46.8 Å². The second-order valence-electron chi connectivity index (χ2n) is 13.0. The fourth-order valence-corrected chi connectivity index (χ4v) is 9.97. The summed E-state index contributed by atoms with van der Waals surface area (Å²) in [6.45, 7) is 0. The van der Waals surface area contributed by atoms with Gasteiger partial charge in [0.1, 0.15) is 0 Å². The molecule has 7 aromatic carbocycles. The molecule has 11 rings (SSSR count). The van der Waals surface area contributed by atoms with Crippen LogP contribution in [0.1, 0.15) is 0 Å². The van der Waals surface area contributed by atoms with Crippen molar-refractivity contribution in [2.24, 2.45) is 0 Å². The lowest BCUT2D eigenvalue weighted by atomic mass is 9.95. The number of rotatable bonds is 4. The standard InChI is InChI=1S/C46H27N3S2/c1-3-13-28(14-4-1)30-25-31(29-15-5-2-6-16-29)27-32(26-30)42-45-43(36-19-9-12-22-39(36)51-45)48-46(47-42)49-37-20-10-7-17-33(37)34-23-24-40-41(44(34)49)35-18-8-11-21-38(35)50-40/h1-27H. The molecule has 0 fully saturated rings. The summed E-state index contributed by atoms with van der Waals surface area (Å²) >= 11 is 3.62. The summed E-state index contributed by atoms with van der Waals surface area (Å²) in [6.07, 6.45) is 0. The molecule has 0 radical (unpaired) electrons. The minimum absolute atomic E-state index is 0.682. The minimum atomic E-state index is 0.682. The molecule has 0 spiro atoms. The van der Waals surface area contributed by atoms with Crippen LogP contribution in [0.5, 0.6) is 0 Å². The molecule has 5 heteroatoms. The lowest BCUT2D eigenvalue weighted by Crippen LogP contribution is -2.03. The third-order valence-electron chi connectivity index (χ3n) is 10.0. The molecular formula is C46H27N3S2. The van der Waals surface area contributed by atoms with E-state index in [1.54, 1.807) is 11.3 Å². The van der Waals surface area contributed by atoms with Crippen molar-refractivity contribution >= 4 is 85.0 Å². The highest BCUT2D eigenvalue weighted by molar-refractivity contribution is 7.26. The molecular weight excluding hydrogens is 659 g/mol. The monoisotopic (exact) mass is 685 g/mol. The Labute approximate surface area is 301 Å². The van der Waals surface area contributed by atoms with Gasteiger partial charge in [-0.05, 0) is 64.7 Å². The van der Waals surface area contributed by atoms with Gasteiger partial charge in [-0.25, -0.2) is 9.97 Å². The Balaban J connectivity index is 1.29. The summed E-state index contributed by atoms with van der Waals surface area (Å²) in [7, 11) is 0. The van der Waals surface area contributed by atoms with E-state index in [-0.39, 0.29) is 0 Å². The molecule has 3 nitrogen and oxygen atoms in total. The van der Waals surface area contributed by atoms with E-state index in [0.29, 0.717) is 5.95 Å². The highest BCUT2D eigenvalue weighted by atomic mass is 32.1. The van der Waals surface area contributed by atoms with Crippen LogP contribution >= 0.6 is 22.7 Å². The van der Waals surface area contributed by atoms with Crippen LogP contribution in [-0.2, 0) is 0 Å². The lowest BCUT2D eigenvalue weighted by Gasteiger charge is -2.13. The average molecular weight is 686 g/mol. The van der Waals surface area contributed by atoms with Gasteiger partial charge in [-0.15, -0.1) is 22.7 Å². The third kappa shape index (κ3) is 4.42. The van der Waals surface area contributed by atoms with Gasteiger partial charge in [-0.3, -0.25) is 4.57 Å². The maximum Gasteiger partial charge on any atom is 0.235 e. The summed E-state index contributed by atoms with van der Waals surface area (Å²) in [5.41, 5.74) is 9.91. The molecule has 0 saturated carbocycles. The number of hydrogen-bond donors (Lipinski definition) is 0. The van der Waals surface area contributed by atoms with Crippen LogP contribution in [0.3, 0.4) is 0 Å². The van der Waals surface area contributed by atoms with Crippen LogP contribution in [0, 0.1) is 0 Å². The zero-order chi connectivity index (χ0) is 33.5. The Morgan fingerprint density at radius 2 is 1.00 bits per heavy atom. The molecule has 0 unspecified atom stereocenters. The molecule has 0 aliphatic rings. The molecule has 0 saturated heterocycles. The van der Waals surface area contributed by atoms with Gasteiger partial charge in [0.15, 0.2) is 0 Å². The smallest absolute Gasteiger partial charge is 0.235 e. The van der Waals surface area contributed by atoms with Crippen LogP contribution < -0.4 is 0 Å². The van der Waals surface area contributed by atoms with E-state index in [0.717, 1.165) is 49.0 Å². The lowest BCUT2D eigenvalue weighted by molar-refractivity contribution is 1.02. The molecule has 0 amide bonds. The molecule has 51 heavy (non-hydrogen) atoms. The first-order valence-electron chi connectivity index (χ1n) is 17.1. The summed E-state index contributed by atoms with van der Waals surface area (Å²) in [6, 6.07) is 58.8. The third-order valence-corrected chi connectivity index (χ3v) is 12.3. The van der Waals surface area contributed by atoms with Gasteiger partial charge in [-0.1, -0.05) is 121 Å². The van der Waals surface area contributed by atoms with Crippen LogP contribution in [0.4, 0.5) is 0 Å². The summed E-state index contributed by atoms with van der Waals surface area (Å²) in [5, 5.41) is 6.07. The first-order valence-corrected chi connectivity index (χ1v) is 18.7. The Bertz CT molecular complexity index is 3080. The fraction of sp³-hybridized carbons (Fsp3) is 0. The number of benzene rings is 7. The predicted molar refractivity (Wildman–Crippen MR) is 218 cm³/mol. The zero-order valence-corrected chi connectivity index (χ0v) is 28.9. The highest BCUT2D eigenvalue weighted by Crippen LogP contribution is 2.45. The normalized spacial score (nSPS) is 11.9. The van der Waals surface area contributed by atoms with Crippen molar-refractivity contribution in [2.45, 2.75) is 0 Å². The van der Waals surface area contributed by atoms with E-state index in [2.05, 4.69) is 168 Å². The largest absolute Gasteiger partial charge is 0.277 e. The van der Waals surface area contributed by atoms with Crippen molar-refractivity contribution in [3.8, 4) is 39.5 Å². The Morgan fingerprint density at radius 1 is 0.412 bits per heavy atom. The number of para-hydroxylation sites is 1. The van der Waals surface area contributed by atoms with Crippen molar-refractivity contribution < 1.29 is 0 Å². The topological polar surface area (TPSA) is 30.7 Å². The number of hydrogen-bond acceptors (Lipinski definition) is 4. The van der Waals surface area contributed by atoms with Crippen molar-refractivity contribution in [3.63, 3.8) is 0 Å². The van der Waals surface area contributed by atoms with E-state index in [1.807, 2.05) is 11.3 Å². The maximum atomic E-state index is 5.62. The Morgan fingerprint density at radius 3 is 1.73 bits per heavy atom. The summed E-state index contributed by atoms with van der Waals surface area (Å²) < 4.78 is 7.16. The van der Waals surface area contributed by atoms with Crippen LogP contribution in [0.2, 0.25) is 0 Å². The van der Waals surface area contributed by atoms with E-state index >= 15 is 0 Å². The van der Waals surface area contributed by atoms with Crippen LogP contribution in [0.25, 0.3) is 102 Å². The van der Waals surface area contributed by atoms with Crippen molar-refractivity contribution in [1.29, 1.82) is 0 Å². The molecule has 0 atom stereocenters. The van der Waals surface area contributed by atoms with Gasteiger partial charge in [0.25, 0.3) is 0 Å². The quantitative estimate of drug-likeness (QED) is 0.185. The Hall–Kier alpha value is -6.14. The molecule has 0 aliphatic carbocycles. The SMILES string of the molecule is c1ccc(-c2cc(-c3ccccc3)cc(-c3nc(-n4c5ccccc5c5ccc6sc7ccccc7c6c54)nc4c3sc3ccccc34)c2)cc1. The van der Waals surface area contributed by atoms with Gasteiger partial charge >= 0.3 is 0 Å². The number of aromatic nitrogens is 3. The van der Waals surface area contributed by atoms with Gasteiger partial charge in [0.2, 0.25) is 5.95 Å². The molecule has 4 heterocycles. The highest BCUT2D eigenvalue weighted by Gasteiger charge is 2.23. The first-order chi connectivity index (χ1) is 25.3. The second kappa shape index (κ2) is 11.2. The van der Waals surface area contributed by atoms with Crippen molar-refractivity contribution in [2.75, 3.05) is 0 Å². The summed E-state index contributed by atoms with van der Waals surface area (Å²) in [5.74, 6) is 0.682. The van der Waals surface area contributed by atoms with E-state index < -0.39 is 0 Å². The summed E-state index contributed by atoms with van der Waals surface area (Å²) in [4.78, 5) is 11.1. The first kappa shape index (κ1) is 28.7. The van der Waals surface area contributed by atoms with Crippen LogP contribution in [0.15, 0.2) is 164 Å². The number of fused-ring (bicyclic) bond motifs is 10. The van der Waals surface area contributed by atoms with Crippen molar-refractivity contribution in [1.82, 2.24) is 14.5 Å². The van der Waals surface area contributed by atoms with Gasteiger partial charge < -0.3 is 0 Å². The molecule has 0 N–H and O–H groups in total. The second-order valence-corrected chi connectivity index (χ2v) is 15.1. The molecule has 4 aromatic heterocycles. The zero-order valence-electron chi connectivity index (χ0n) is 27.2. The number of nitrogens with zero attached hydrogens (tertiary/aromatic N) is 3. The molecule has 11 aromatic rings. The van der Waals surface area contributed by atoms with E-state index in [4.69, 9.17) is 9.97 Å². The van der Waals surface area contributed by atoms with Crippen LogP contribution in [-0.4, -0.2) is 14.5 Å². The number of thiophene rings is 2. The molecule has 0 aliphatic heterocycles. The minimum Gasteiger partial charge on any atom is -0.277 e. The van der Waals surface area contributed by atoms with Gasteiger partial charge in [0, 0.05) is 46.6 Å². The average Bonchev–Trinajstić information content (AvgIpc) is 3.87. The van der Waals surface area contributed by atoms with Gasteiger partial charge in [0.05, 0.1) is 26.9 Å².